The van der Waals surface area contributed by atoms with Gasteiger partial charge in [-0.15, -0.1) is 0 Å². The predicted octanol–water partition coefficient (Wildman–Crippen LogP) is 2.91. The molecule has 0 aliphatic heterocycles. The standard InChI is InChI=1S/C17H25NO3/c1-11(2)9-13-5-7-14(8-6-13)17(21)15(10-16(19)20)18-12(3)4/h5-8,11-12,15,18H,9-10H2,1-4H3,(H,19,20). The molecule has 0 saturated carbocycles. The number of nitrogens with one attached hydrogen (secondary N) is 1. The molecule has 2 N–H and O–H groups in total. The number of rotatable bonds is 8. The van der Waals surface area contributed by atoms with Gasteiger partial charge in [-0.3, -0.25) is 9.59 Å². The molecule has 0 amide bonds. The first-order valence-corrected chi connectivity index (χ1v) is 7.40. The van der Waals surface area contributed by atoms with Crippen molar-refractivity contribution in [3.05, 3.63) is 35.4 Å². The smallest absolute Gasteiger partial charge is 0.305 e. The van der Waals surface area contributed by atoms with Gasteiger partial charge in [-0.2, -0.15) is 0 Å². The molecule has 0 spiro atoms. The molecule has 4 nitrogen and oxygen atoms in total. The van der Waals surface area contributed by atoms with Crippen LogP contribution in [0.3, 0.4) is 0 Å². The summed E-state index contributed by atoms with van der Waals surface area (Å²) in [5.41, 5.74) is 1.75. The summed E-state index contributed by atoms with van der Waals surface area (Å²) >= 11 is 0. The average Bonchev–Trinajstić information content (AvgIpc) is 2.36. The topological polar surface area (TPSA) is 66.4 Å². The van der Waals surface area contributed by atoms with E-state index in [-0.39, 0.29) is 18.2 Å². The summed E-state index contributed by atoms with van der Waals surface area (Å²) in [7, 11) is 0. The fraction of sp³-hybridized carbons (Fsp3) is 0.529. The second-order valence-electron chi connectivity index (χ2n) is 6.13. The molecule has 0 aromatic heterocycles. The van der Waals surface area contributed by atoms with Crippen LogP contribution in [0.15, 0.2) is 24.3 Å². The van der Waals surface area contributed by atoms with Crippen LogP contribution in [-0.2, 0) is 11.2 Å². The van der Waals surface area contributed by atoms with Gasteiger partial charge in [-0.1, -0.05) is 52.0 Å². The van der Waals surface area contributed by atoms with E-state index < -0.39 is 12.0 Å². The summed E-state index contributed by atoms with van der Waals surface area (Å²) in [6, 6.07) is 6.84. The summed E-state index contributed by atoms with van der Waals surface area (Å²) in [5, 5.41) is 12.0. The molecule has 21 heavy (non-hydrogen) atoms. The average molecular weight is 291 g/mol. The number of aliphatic carboxylic acids is 1. The molecule has 1 rings (SSSR count). The SMILES string of the molecule is CC(C)Cc1ccc(C(=O)C(CC(=O)O)NC(C)C)cc1. The number of benzene rings is 1. The number of carboxylic acids is 1. The van der Waals surface area contributed by atoms with E-state index in [2.05, 4.69) is 19.2 Å². The van der Waals surface area contributed by atoms with E-state index in [4.69, 9.17) is 5.11 Å². The lowest BCUT2D eigenvalue weighted by molar-refractivity contribution is -0.137. The summed E-state index contributed by atoms with van der Waals surface area (Å²) in [5.74, 6) is -0.575. The van der Waals surface area contributed by atoms with Crippen LogP contribution in [0.2, 0.25) is 0 Å². The van der Waals surface area contributed by atoms with Gasteiger partial charge in [0.15, 0.2) is 5.78 Å². The third-order valence-corrected chi connectivity index (χ3v) is 3.11. The molecular weight excluding hydrogens is 266 g/mol. The number of hydrogen-bond donors (Lipinski definition) is 2. The number of carboxylic acid groups (broad SMARTS) is 1. The number of carbonyl (C=O) groups is 2. The normalized spacial score (nSPS) is 12.7. The van der Waals surface area contributed by atoms with Gasteiger partial charge < -0.3 is 10.4 Å². The summed E-state index contributed by atoms with van der Waals surface area (Å²) in [6.45, 7) is 8.09. The lowest BCUT2D eigenvalue weighted by Gasteiger charge is -2.18. The zero-order valence-corrected chi connectivity index (χ0v) is 13.2. The lowest BCUT2D eigenvalue weighted by atomic mass is 9.97. The number of ketones is 1. The van der Waals surface area contributed by atoms with Crippen molar-refractivity contribution >= 4 is 11.8 Å². The van der Waals surface area contributed by atoms with Crippen LogP contribution in [-0.4, -0.2) is 28.9 Å². The van der Waals surface area contributed by atoms with Crippen LogP contribution >= 0.6 is 0 Å². The summed E-state index contributed by atoms with van der Waals surface area (Å²) < 4.78 is 0. The van der Waals surface area contributed by atoms with E-state index in [1.54, 1.807) is 12.1 Å². The van der Waals surface area contributed by atoms with Crippen molar-refractivity contribution in [2.24, 2.45) is 5.92 Å². The minimum Gasteiger partial charge on any atom is -0.481 e. The van der Waals surface area contributed by atoms with Crippen LogP contribution < -0.4 is 5.32 Å². The molecule has 0 heterocycles. The molecule has 0 fully saturated rings. The van der Waals surface area contributed by atoms with Crippen molar-refractivity contribution in [3.63, 3.8) is 0 Å². The summed E-state index contributed by atoms with van der Waals surface area (Å²) in [6.07, 6.45) is 0.766. The Labute approximate surface area is 126 Å². The molecule has 0 bridgehead atoms. The maximum atomic E-state index is 12.4. The Morgan fingerprint density at radius 1 is 1.10 bits per heavy atom. The van der Waals surface area contributed by atoms with Gasteiger partial charge in [0.2, 0.25) is 0 Å². The first kappa shape index (κ1) is 17.4. The van der Waals surface area contributed by atoms with E-state index in [0.29, 0.717) is 11.5 Å². The molecule has 1 atom stereocenters. The first-order valence-electron chi connectivity index (χ1n) is 7.40. The van der Waals surface area contributed by atoms with Crippen molar-refractivity contribution in [2.45, 2.75) is 52.6 Å². The van der Waals surface area contributed by atoms with Crippen LogP contribution in [0.5, 0.6) is 0 Å². The van der Waals surface area contributed by atoms with E-state index in [9.17, 15) is 9.59 Å². The zero-order chi connectivity index (χ0) is 16.0. The Morgan fingerprint density at radius 3 is 2.10 bits per heavy atom. The molecule has 1 unspecified atom stereocenters. The molecular formula is C17H25NO3. The largest absolute Gasteiger partial charge is 0.481 e. The molecule has 0 radical (unpaired) electrons. The van der Waals surface area contributed by atoms with E-state index in [0.717, 1.165) is 6.42 Å². The lowest BCUT2D eigenvalue weighted by Crippen LogP contribution is -2.42. The van der Waals surface area contributed by atoms with Crippen molar-refractivity contribution in [1.29, 1.82) is 0 Å². The Bertz CT molecular complexity index is 477. The fourth-order valence-corrected chi connectivity index (χ4v) is 2.28. The molecule has 116 valence electrons. The van der Waals surface area contributed by atoms with E-state index >= 15 is 0 Å². The quantitative estimate of drug-likeness (QED) is 0.723. The third-order valence-electron chi connectivity index (χ3n) is 3.11. The van der Waals surface area contributed by atoms with Gasteiger partial charge in [0, 0.05) is 11.6 Å². The molecule has 4 heteroatoms. The second-order valence-corrected chi connectivity index (χ2v) is 6.13. The summed E-state index contributed by atoms with van der Waals surface area (Å²) in [4.78, 5) is 23.3. The molecule has 0 saturated heterocycles. The Balaban J connectivity index is 2.84. The highest BCUT2D eigenvalue weighted by molar-refractivity contribution is 6.01. The van der Waals surface area contributed by atoms with E-state index in [1.165, 1.54) is 5.56 Å². The van der Waals surface area contributed by atoms with Crippen molar-refractivity contribution in [2.75, 3.05) is 0 Å². The first-order chi connectivity index (χ1) is 9.79. The Kier molecular flexibility index (Phi) is 6.56. The van der Waals surface area contributed by atoms with Crippen molar-refractivity contribution in [1.82, 2.24) is 5.32 Å². The number of hydrogen-bond acceptors (Lipinski definition) is 3. The monoisotopic (exact) mass is 291 g/mol. The van der Waals surface area contributed by atoms with Gasteiger partial charge in [-0.25, -0.2) is 0 Å². The van der Waals surface area contributed by atoms with Gasteiger partial charge in [-0.05, 0) is 17.9 Å². The highest BCUT2D eigenvalue weighted by atomic mass is 16.4. The maximum absolute atomic E-state index is 12.4. The van der Waals surface area contributed by atoms with Crippen LogP contribution in [0, 0.1) is 5.92 Å². The van der Waals surface area contributed by atoms with Crippen molar-refractivity contribution in [3.8, 4) is 0 Å². The molecule has 0 aliphatic rings. The van der Waals surface area contributed by atoms with Gasteiger partial charge in [0.05, 0.1) is 12.5 Å². The highest BCUT2D eigenvalue weighted by Crippen LogP contribution is 2.12. The highest BCUT2D eigenvalue weighted by Gasteiger charge is 2.23. The van der Waals surface area contributed by atoms with Crippen LogP contribution in [0.4, 0.5) is 0 Å². The van der Waals surface area contributed by atoms with Gasteiger partial charge in [0.25, 0.3) is 0 Å². The molecule has 1 aromatic rings. The maximum Gasteiger partial charge on any atom is 0.305 e. The predicted molar refractivity (Wildman–Crippen MR) is 83.6 cm³/mol. The van der Waals surface area contributed by atoms with Crippen LogP contribution in [0.25, 0.3) is 0 Å². The van der Waals surface area contributed by atoms with E-state index in [1.807, 2.05) is 26.0 Å². The van der Waals surface area contributed by atoms with Gasteiger partial charge in [0.1, 0.15) is 0 Å². The second kappa shape index (κ2) is 7.93. The Hall–Kier alpha value is -1.68. The Morgan fingerprint density at radius 2 is 1.67 bits per heavy atom. The number of Topliss-reactive ketones (excluding diaryl/α,β-unsaturated/α-hetero) is 1. The minimum atomic E-state index is -0.974. The zero-order valence-electron chi connectivity index (χ0n) is 13.2. The minimum absolute atomic E-state index is 0.0542. The van der Waals surface area contributed by atoms with Crippen LogP contribution in [0.1, 0.15) is 50.0 Å². The van der Waals surface area contributed by atoms with Crippen molar-refractivity contribution < 1.29 is 14.7 Å². The third kappa shape index (κ3) is 6.08. The fourth-order valence-electron chi connectivity index (χ4n) is 2.28. The molecule has 0 aliphatic carbocycles. The molecule has 1 aromatic carbocycles. The van der Waals surface area contributed by atoms with Gasteiger partial charge >= 0.3 is 5.97 Å². The number of carbonyl (C=O) groups excluding carboxylic acids is 1.